The van der Waals surface area contributed by atoms with E-state index in [1.165, 1.54) is 11.3 Å². The van der Waals surface area contributed by atoms with Crippen LogP contribution in [0.1, 0.15) is 51.1 Å². The van der Waals surface area contributed by atoms with Gasteiger partial charge < -0.3 is 10.6 Å². The van der Waals surface area contributed by atoms with Crippen molar-refractivity contribution in [3.8, 4) is 0 Å². The van der Waals surface area contributed by atoms with Crippen molar-refractivity contribution in [1.82, 2.24) is 15.3 Å². The highest BCUT2D eigenvalue weighted by molar-refractivity contribution is 7.20. The van der Waals surface area contributed by atoms with E-state index in [2.05, 4.69) is 20.6 Å². The molecule has 1 saturated carbocycles. The third kappa shape index (κ3) is 3.97. The second-order valence-electron chi connectivity index (χ2n) is 7.32. The van der Waals surface area contributed by atoms with Crippen LogP contribution in [0.25, 0.3) is 10.2 Å². The highest BCUT2D eigenvalue weighted by Crippen LogP contribution is 2.40. The Kier molecular flexibility index (Phi) is 5.27. The molecule has 0 atom stereocenters. The predicted octanol–water partition coefficient (Wildman–Crippen LogP) is 4.52. The van der Waals surface area contributed by atoms with Crippen molar-refractivity contribution in [2.75, 3.05) is 11.9 Å². The number of halogens is 1. The van der Waals surface area contributed by atoms with Crippen molar-refractivity contribution in [3.05, 3.63) is 50.7 Å². The molecule has 0 saturated heterocycles. The largest absolute Gasteiger partial charge is 0.342 e. The quantitative estimate of drug-likeness (QED) is 0.625. The van der Waals surface area contributed by atoms with Gasteiger partial charge in [0.15, 0.2) is 0 Å². The molecule has 150 valence electrons. The molecule has 0 spiro atoms. The number of fused-ring (bicyclic) bond motifs is 1. The lowest BCUT2D eigenvalue weighted by Crippen LogP contribution is -2.32. The van der Waals surface area contributed by atoms with E-state index in [1.807, 2.05) is 20.8 Å². The highest BCUT2D eigenvalue weighted by Gasteiger charge is 2.28. The van der Waals surface area contributed by atoms with Gasteiger partial charge in [-0.2, -0.15) is 0 Å². The number of carbonyl (C=O) groups excluding carboxylic acids is 2. The number of aryl methyl sites for hydroxylation is 2. The van der Waals surface area contributed by atoms with Crippen LogP contribution in [-0.2, 0) is 4.79 Å². The topological polar surface area (TPSA) is 84.0 Å². The first-order chi connectivity index (χ1) is 13.8. The van der Waals surface area contributed by atoms with E-state index in [0.717, 1.165) is 45.7 Å². The monoisotopic (exact) mass is 428 g/mol. The van der Waals surface area contributed by atoms with Gasteiger partial charge in [0.25, 0.3) is 5.91 Å². The van der Waals surface area contributed by atoms with Crippen molar-refractivity contribution in [1.29, 1.82) is 0 Å². The van der Waals surface area contributed by atoms with Crippen LogP contribution >= 0.6 is 22.9 Å². The Morgan fingerprint density at radius 3 is 2.66 bits per heavy atom. The maximum absolute atomic E-state index is 12.7. The lowest BCUT2D eigenvalue weighted by atomic mass is 10.1. The van der Waals surface area contributed by atoms with Crippen molar-refractivity contribution >= 4 is 50.7 Å². The van der Waals surface area contributed by atoms with Gasteiger partial charge >= 0.3 is 0 Å². The molecule has 3 aromatic rings. The molecule has 4 rings (SSSR count). The zero-order chi connectivity index (χ0) is 20.7. The zero-order valence-corrected chi connectivity index (χ0v) is 18.0. The fourth-order valence-corrected chi connectivity index (χ4v) is 4.61. The third-order valence-electron chi connectivity index (χ3n) is 5.09. The van der Waals surface area contributed by atoms with Crippen LogP contribution in [0, 0.1) is 20.8 Å². The average Bonchev–Trinajstić information content (AvgIpc) is 3.47. The molecule has 1 fully saturated rings. The Morgan fingerprint density at radius 2 is 1.93 bits per heavy atom. The van der Waals surface area contributed by atoms with Gasteiger partial charge in [0, 0.05) is 22.0 Å². The van der Waals surface area contributed by atoms with E-state index in [0.29, 0.717) is 21.5 Å². The van der Waals surface area contributed by atoms with Crippen LogP contribution in [0.2, 0.25) is 5.02 Å². The third-order valence-corrected chi connectivity index (χ3v) is 6.68. The van der Waals surface area contributed by atoms with Gasteiger partial charge in [-0.05, 0) is 56.9 Å². The number of hydrogen-bond donors (Lipinski definition) is 2. The highest BCUT2D eigenvalue weighted by atomic mass is 35.5. The smallest absolute Gasteiger partial charge is 0.262 e. The van der Waals surface area contributed by atoms with Crippen LogP contribution in [-0.4, -0.2) is 28.3 Å². The number of anilines is 1. The lowest BCUT2D eigenvalue weighted by Gasteiger charge is -2.10. The maximum Gasteiger partial charge on any atom is 0.262 e. The van der Waals surface area contributed by atoms with Crippen molar-refractivity contribution in [3.63, 3.8) is 0 Å². The fourth-order valence-electron chi connectivity index (χ4n) is 3.28. The molecule has 0 radical (unpaired) electrons. The van der Waals surface area contributed by atoms with Gasteiger partial charge in [-0.15, -0.1) is 11.3 Å². The first-order valence-corrected chi connectivity index (χ1v) is 10.7. The van der Waals surface area contributed by atoms with Gasteiger partial charge in [0.05, 0.1) is 17.1 Å². The summed E-state index contributed by atoms with van der Waals surface area (Å²) in [5, 5.41) is 6.99. The average molecular weight is 429 g/mol. The Balaban J connectivity index is 1.47. The summed E-state index contributed by atoms with van der Waals surface area (Å²) in [6, 6.07) is 5.30. The first kappa shape index (κ1) is 19.8. The summed E-state index contributed by atoms with van der Waals surface area (Å²) >= 11 is 7.43. The summed E-state index contributed by atoms with van der Waals surface area (Å²) in [4.78, 5) is 35.7. The number of hydrogen-bond acceptors (Lipinski definition) is 5. The second kappa shape index (κ2) is 7.72. The molecule has 1 aromatic carbocycles. The molecule has 0 aliphatic heterocycles. The van der Waals surface area contributed by atoms with E-state index < -0.39 is 0 Å². The molecule has 0 bridgehead atoms. The molecule has 6 nitrogen and oxygen atoms in total. The number of carbonyl (C=O) groups is 2. The Hall–Kier alpha value is -2.51. The minimum absolute atomic E-state index is 0.129. The molecule has 0 unspecified atom stereocenters. The van der Waals surface area contributed by atoms with Crippen molar-refractivity contribution in [2.45, 2.75) is 39.5 Å². The fraction of sp³-hybridized carbons (Fsp3) is 0.333. The Morgan fingerprint density at radius 1 is 1.17 bits per heavy atom. The van der Waals surface area contributed by atoms with Crippen LogP contribution in [0.3, 0.4) is 0 Å². The molecule has 29 heavy (non-hydrogen) atoms. The second-order valence-corrected chi connectivity index (χ2v) is 8.73. The van der Waals surface area contributed by atoms with Gasteiger partial charge in [0.1, 0.15) is 10.7 Å². The van der Waals surface area contributed by atoms with Gasteiger partial charge in [0.2, 0.25) is 5.91 Å². The molecule has 2 aromatic heterocycles. The minimum atomic E-state index is -0.311. The molecule has 2 amide bonds. The summed E-state index contributed by atoms with van der Waals surface area (Å²) in [5.41, 5.74) is 3.18. The van der Waals surface area contributed by atoms with E-state index >= 15 is 0 Å². The van der Waals surface area contributed by atoms with Crippen molar-refractivity contribution < 1.29 is 9.59 Å². The summed E-state index contributed by atoms with van der Waals surface area (Å²) in [7, 11) is 0. The van der Waals surface area contributed by atoms with Gasteiger partial charge in [-0.3, -0.25) is 9.59 Å². The number of amides is 2. The predicted molar refractivity (Wildman–Crippen MR) is 116 cm³/mol. The van der Waals surface area contributed by atoms with E-state index in [9.17, 15) is 9.59 Å². The zero-order valence-electron chi connectivity index (χ0n) is 16.4. The van der Waals surface area contributed by atoms with Crippen LogP contribution in [0.4, 0.5) is 5.69 Å². The van der Waals surface area contributed by atoms with Crippen LogP contribution < -0.4 is 10.6 Å². The van der Waals surface area contributed by atoms with E-state index in [4.69, 9.17) is 11.6 Å². The molecule has 1 aliphatic rings. The number of thiophene rings is 1. The number of aromatic nitrogens is 2. The summed E-state index contributed by atoms with van der Waals surface area (Å²) < 4.78 is 0. The molecule has 2 heterocycles. The van der Waals surface area contributed by atoms with E-state index in [1.54, 1.807) is 18.2 Å². The summed E-state index contributed by atoms with van der Waals surface area (Å²) in [6.45, 7) is 5.56. The normalized spacial score (nSPS) is 13.5. The number of nitrogens with zero attached hydrogens (tertiary/aromatic N) is 2. The standard InChI is InChI=1S/C21H21ClN4O2S/c1-10-14(22)5-4-6-15(10)25-16(27)9-23-20(28)18-11(2)17-12(3)24-19(13-7-8-13)26-21(17)29-18/h4-6,13H,7-9H2,1-3H3,(H,23,28)(H,25,27). The Bertz CT molecular complexity index is 1140. The summed E-state index contributed by atoms with van der Waals surface area (Å²) in [6.07, 6.45) is 2.26. The molecular formula is C21H21ClN4O2S. The SMILES string of the molecule is Cc1c(Cl)cccc1NC(=O)CNC(=O)c1sc2nc(C3CC3)nc(C)c2c1C. The van der Waals surface area contributed by atoms with Gasteiger partial charge in [-0.1, -0.05) is 17.7 Å². The number of nitrogens with one attached hydrogen (secondary N) is 2. The minimum Gasteiger partial charge on any atom is -0.342 e. The molecule has 1 aliphatic carbocycles. The number of rotatable bonds is 5. The lowest BCUT2D eigenvalue weighted by molar-refractivity contribution is -0.115. The van der Waals surface area contributed by atoms with E-state index in [-0.39, 0.29) is 18.4 Å². The number of benzene rings is 1. The van der Waals surface area contributed by atoms with Crippen molar-refractivity contribution in [2.24, 2.45) is 0 Å². The maximum atomic E-state index is 12.7. The first-order valence-electron chi connectivity index (χ1n) is 9.46. The molecule has 2 N–H and O–H groups in total. The van der Waals surface area contributed by atoms with Gasteiger partial charge in [-0.25, -0.2) is 9.97 Å². The molecule has 8 heteroatoms. The Labute approximate surface area is 177 Å². The van der Waals surface area contributed by atoms with Crippen LogP contribution in [0.15, 0.2) is 18.2 Å². The molecular weight excluding hydrogens is 408 g/mol. The van der Waals surface area contributed by atoms with Crippen LogP contribution in [0.5, 0.6) is 0 Å². The summed E-state index contributed by atoms with van der Waals surface area (Å²) in [5.74, 6) is 0.737.